The molecule has 0 heterocycles. The maximum absolute atomic E-state index is 12.9. The minimum Gasteiger partial charge on any atom is -0.543 e. The van der Waals surface area contributed by atoms with E-state index < -0.39 is 16.6 Å². The molecule has 0 atom stereocenters. The van der Waals surface area contributed by atoms with Gasteiger partial charge >= 0.3 is 5.97 Å². The Morgan fingerprint density at radius 2 is 1.36 bits per heavy atom. The lowest BCUT2D eigenvalue weighted by Crippen LogP contribution is -2.45. The van der Waals surface area contributed by atoms with Gasteiger partial charge in [0.1, 0.15) is 5.75 Å². The summed E-state index contributed by atoms with van der Waals surface area (Å²) in [5.41, 5.74) is 1.62. The summed E-state index contributed by atoms with van der Waals surface area (Å²) < 4.78 is 12.5. The third-order valence-electron chi connectivity index (χ3n) is 5.68. The summed E-state index contributed by atoms with van der Waals surface area (Å²) in [4.78, 5) is 12.9. The van der Waals surface area contributed by atoms with Crippen molar-refractivity contribution in [2.24, 2.45) is 0 Å². The fraction of sp³-hybridized carbons (Fsp3) is 0.650. The van der Waals surface area contributed by atoms with Crippen LogP contribution in [0.3, 0.4) is 0 Å². The van der Waals surface area contributed by atoms with E-state index in [4.69, 9.17) is 8.85 Å². The standard InChI is InChI=1S/C20H36O3Si2/c1-15-12-13-16(18(21)23-25(10,11)20(5,6)7)17(14-15)22-24(8,9)19(2,3)4/h12-14H,1-11H3. The van der Waals surface area contributed by atoms with Crippen LogP contribution in [0.5, 0.6) is 5.75 Å². The highest BCUT2D eigenvalue weighted by atomic mass is 28.4. The molecule has 5 heteroatoms. The van der Waals surface area contributed by atoms with Crippen LogP contribution in [0.25, 0.3) is 0 Å². The quantitative estimate of drug-likeness (QED) is 0.556. The largest absolute Gasteiger partial charge is 0.543 e. The van der Waals surface area contributed by atoms with Gasteiger partial charge in [0.25, 0.3) is 16.6 Å². The summed E-state index contributed by atoms with van der Waals surface area (Å²) >= 11 is 0. The molecule has 0 amide bonds. The molecule has 0 aliphatic rings. The van der Waals surface area contributed by atoms with Crippen molar-refractivity contribution in [2.75, 3.05) is 0 Å². The van der Waals surface area contributed by atoms with Crippen molar-refractivity contribution in [3.8, 4) is 5.75 Å². The van der Waals surface area contributed by atoms with Crippen LogP contribution < -0.4 is 4.43 Å². The maximum Gasteiger partial charge on any atom is 0.328 e. The van der Waals surface area contributed by atoms with Crippen molar-refractivity contribution in [2.45, 2.75) is 84.7 Å². The van der Waals surface area contributed by atoms with Gasteiger partial charge in [-0.3, -0.25) is 0 Å². The smallest absolute Gasteiger partial charge is 0.328 e. The molecule has 1 aromatic rings. The van der Waals surface area contributed by atoms with Crippen molar-refractivity contribution in [3.63, 3.8) is 0 Å². The van der Waals surface area contributed by atoms with Crippen LogP contribution in [-0.2, 0) is 4.43 Å². The highest BCUT2D eigenvalue weighted by Crippen LogP contribution is 2.40. The molecule has 0 fully saturated rings. The Hall–Kier alpha value is -1.08. The highest BCUT2D eigenvalue weighted by Gasteiger charge is 2.42. The second-order valence-electron chi connectivity index (χ2n) is 10.0. The molecule has 0 aliphatic carbocycles. The SMILES string of the molecule is Cc1ccc(C(=O)O[Si](C)(C)C(C)(C)C)c(O[Si](C)(C)C(C)(C)C)c1. The van der Waals surface area contributed by atoms with E-state index in [1.807, 2.05) is 25.1 Å². The summed E-state index contributed by atoms with van der Waals surface area (Å²) in [6.07, 6.45) is 0. The number of hydrogen-bond acceptors (Lipinski definition) is 3. The number of rotatable bonds is 4. The predicted octanol–water partition coefficient (Wildman–Crippen LogP) is 6.54. The van der Waals surface area contributed by atoms with Gasteiger partial charge in [-0.2, -0.15) is 0 Å². The lowest BCUT2D eigenvalue weighted by atomic mass is 10.1. The van der Waals surface area contributed by atoms with E-state index in [9.17, 15) is 4.79 Å². The molecule has 0 saturated carbocycles. The molecule has 0 unspecified atom stereocenters. The Morgan fingerprint density at radius 3 is 1.80 bits per heavy atom. The van der Waals surface area contributed by atoms with E-state index in [2.05, 4.69) is 67.7 Å². The van der Waals surface area contributed by atoms with Crippen molar-refractivity contribution in [1.29, 1.82) is 0 Å². The van der Waals surface area contributed by atoms with Gasteiger partial charge in [0.15, 0.2) is 0 Å². The van der Waals surface area contributed by atoms with Crippen LogP contribution in [0.4, 0.5) is 0 Å². The Bertz CT molecular complexity index is 635. The molecule has 0 N–H and O–H groups in total. The van der Waals surface area contributed by atoms with Gasteiger partial charge in [-0.05, 0) is 60.9 Å². The lowest BCUT2D eigenvalue weighted by Gasteiger charge is -2.38. The predicted molar refractivity (Wildman–Crippen MR) is 112 cm³/mol. The lowest BCUT2D eigenvalue weighted by molar-refractivity contribution is 0.0710. The Balaban J connectivity index is 3.24. The molecular weight excluding hydrogens is 344 g/mol. The van der Waals surface area contributed by atoms with E-state index in [-0.39, 0.29) is 16.0 Å². The third kappa shape index (κ3) is 5.20. The van der Waals surface area contributed by atoms with Gasteiger partial charge < -0.3 is 8.85 Å². The molecule has 142 valence electrons. The summed E-state index contributed by atoms with van der Waals surface area (Å²) in [5, 5.41) is 0.0468. The maximum atomic E-state index is 12.9. The van der Waals surface area contributed by atoms with Crippen molar-refractivity contribution >= 4 is 22.6 Å². The normalized spacial score (nSPS) is 13.6. The Kier molecular flexibility index (Phi) is 6.07. The Labute approximate surface area is 156 Å². The Morgan fingerprint density at radius 1 is 0.880 bits per heavy atom. The molecule has 0 spiro atoms. The van der Waals surface area contributed by atoms with Crippen LogP contribution in [0, 0.1) is 6.92 Å². The van der Waals surface area contributed by atoms with E-state index in [1.165, 1.54) is 0 Å². The number of benzene rings is 1. The number of aryl methyl sites for hydroxylation is 1. The summed E-state index contributed by atoms with van der Waals surface area (Å²) in [6.45, 7) is 23.6. The number of carbonyl (C=O) groups is 1. The minimum absolute atomic E-state index is 0.0200. The average Bonchev–Trinajstić information content (AvgIpc) is 2.34. The number of carbonyl (C=O) groups excluding carboxylic acids is 1. The first-order valence-corrected chi connectivity index (χ1v) is 14.8. The van der Waals surface area contributed by atoms with Crippen LogP contribution >= 0.6 is 0 Å². The summed E-state index contributed by atoms with van der Waals surface area (Å²) in [5.74, 6) is 0.399. The molecule has 0 bridgehead atoms. The van der Waals surface area contributed by atoms with Crippen molar-refractivity contribution in [3.05, 3.63) is 29.3 Å². The van der Waals surface area contributed by atoms with E-state index in [0.29, 0.717) is 11.3 Å². The molecule has 0 radical (unpaired) electrons. The van der Waals surface area contributed by atoms with Gasteiger partial charge in [0.2, 0.25) is 0 Å². The number of hydrogen-bond donors (Lipinski definition) is 0. The first-order chi connectivity index (χ1) is 11.0. The fourth-order valence-electron chi connectivity index (χ4n) is 1.75. The molecule has 0 aliphatic heterocycles. The van der Waals surface area contributed by atoms with Crippen molar-refractivity contribution in [1.82, 2.24) is 0 Å². The van der Waals surface area contributed by atoms with Gasteiger partial charge in [-0.15, -0.1) is 0 Å². The molecule has 0 aromatic heterocycles. The topological polar surface area (TPSA) is 35.5 Å². The van der Waals surface area contributed by atoms with Crippen LogP contribution in [0.15, 0.2) is 18.2 Å². The van der Waals surface area contributed by atoms with E-state index in [1.54, 1.807) is 0 Å². The third-order valence-corrected chi connectivity index (χ3v) is 14.3. The van der Waals surface area contributed by atoms with Crippen LogP contribution in [0.1, 0.15) is 57.5 Å². The molecule has 1 aromatic carbocycles. The highest BCUT2D eigenvalue weighted by molar-refractivity contribution is 6.76. The zero-order chi connectivity index (χ0) is 19.8. The van der Waals surface area contributed by atoms with E-state index >= 15 is 0 Å². The van der Waals surface area contributed by atoms with E-state index in [0.717, 1.165) is 5.56 Å². The average molecular weight is 381 g/mol. The van der Waals surface area contributed by atoms with Gasteiger partial charge in [0.05, 0.1) is 5.56 Å². The molecule has 25 heavy (non-hydrogen) atoms. The second kappa shape index (κ2) is 6.91. The molecule has 1 rings (SSSR count). The van der Waals surface area contributed by atoms with Crippen LogP contribution in [-0.4, -0.2) is 22.6 Å². The summed E-state index contributed by atoms with van der Waals surface area (Å²) in [7, 11) is -4.21. The van der Waals surface area contributed by atoms with Gasteiger partial charge in [0, 0.05) is 0 Å². The monoisotopic (exact) mass is 380 g/mol. The molecule has 0 saturated heterocycles. The zero-order valence-electron chi connectivity index (χ0n) is 18.0. The summed E-state index contributed by atoms with van der Waals surface area (Å²) in [6, 6.07) is 5.75. The fourth-order valence-corrected chi connectivity index (χ4v) is 3.65. The van der Waals surface area contributed by atoms with Gasteiger partial charge in [-0.1, -0.05) is 47.6 Å². The zero-order valence-corrected chi connectivity index (χ0v) is 20.0. The first kappa shape index (κ1) is 22.0. The van der Waals surface area contributed by atoms with Crippen LogP contribution in [0.2, 0.25) is 36.3 Å². The molecular formula is C20H36O3Si2. The minimum atomic E-state index is -2.18. The van der Waals surface area contributed by atoms with Gasteiger partial charge in [-0.25, -0.2) is 4.79 Å². The second-order valence-corrected chi connectivity index (χ2v) is 19.5. The van der Waals surface area contributed by atoms with Crippen molar-refractivity contribution < 1.29 is 13.6 Å². The molecule has 3 nitrogen and oxygen atoms in total. The first-order valence-electron chi connectivity index (χ1n) is 9.01.